The van der Waals surface area contributed by atoms with Crippen LogP contribution >= 0.6 is 11.6 Å². The molecule has 1 aromatic carbocycles. The first kappa shape index (κ1) is 16.1. The molecule has 0 aliphatic carbocycles. The van der Waals surface area contributed by atoms with E-state index in [1.807, 2.05) is 12.1 Å². The Morgan fingerprint density at radius 3 is 2.37 bits per heavy atom. The average molecular weight is 286 g/mol. The molecule has 0 saturated carbocycles. The van der Waals surface area contributed by atoms with Crippen LogP contribution in [0, 0.1) is 0 Å². The van der Waals surface area contributed by atoms with Crippen molar-refractivity contribution in [1.82, 2.24) is 0 Å². The van der Waals surface area contributed by atoms with Crippen LogP contribution in [0.1, 0.15) is 44.1 Å². The van der Waals surface area contributed by atoms with Gasteiger partial charge in [0.05, 0.1) is 19.2 Å². The Balaban J connectivity index is 3.11. The molecule has 4 heteroatoms. The summed E-state index contributed by atoms with van der Waals surface area (Å²) in [4.78, 5) is 0. The lowest BCUT2D eigenvalue weighted by Crippen LogP contribution is -2.06. The lowest BCUT2D eigenvalue weighted by atomic mass is 9.89. The molecule has 108 valence electrons. The quantitative estimate of drug-likeness (QED) is 0.786. The Labute approximate surface area is 121 Å². The minimum Gasteiger partial charge on any atom is -0.496 e. The molecule has 0 bridgehead atoms. The summed E-state index contributed by atoms with van der Waals surface area (Å²) in [5.74, 6) is 1.97. The fraction of sp³-hybridized carbons (Fsp3) is 0.600. The largest absolute Gasteiger partial charge is 0.496 e. The molecular weight excluding hydrogens is 262 g/mol. The highest BCUT2D eigenvalue weighted by atomic mass is 35.5. The summed E-state index contributed by atoms with van der Waals surface area (Å²) in [6, 6.07) is 3.83. The third-order valence-electron chi connectivity index (χ3n) is 3.34. The molecule has 1 rings (SSSR count). The van der Waals surface area contributed by atoms with E-state index in [2.05, 4.69) is 6.92 Å². The fourth-order valence-electron chi connectivity index (χ4n) is 2.37. The van der Waals surface area contributed by atoms with Crippen LogP contribution in [0.25, 0.3) is 0 Å². The van der Waals surface area contributed by atoms with Gasteiger partial charge in [-0.25, -0.2) is 0 Å². The third-order valence-corrected chi connectivity index (χ3v) is 3.63. The van der Waals surface area contributed by atoms with Crippen molar-refractivity contribution in [3.63, 3.8) is 0 Å². The van der Waals surface area contributed by atoms with E-state index in [1.54, 1.807) is 14.2 Å². The van der Waals surface area contributed by atoms with Crippen LogP contribution in [-0.4, -0.2) is 20.8 Å². The van der Waals surface area contributed by atoms with Crippen molar-refractivity contribution in [2.45, 2.75) is 38.5 Å². The molecular formula is C15H24ClNO2. The molecule has 0 amide bonds. The Morgan fingerprint density at radius 2 is 1.84 bits per heavy atom. The van der Waals surface area contributed by atoms with E-state index < -0.39 is 0 Å². The van der Waals surface area contributed by atoms with Crippen LogP contribution in [0.2, 0.25) is 5.02 Å². The Bertz CT molecular complexity index is 396. The van der Waals surface area contributed by atoms with E-state index in [-0.39, 0.29) is 0 Å². The molecule has 1 unspecified atom stereocenters. The summed E-state index contributed by atoms with van der Waals surface area (Å²) >= 11 is 6.14. The second kappa shape index (κ2) is 8.28. The lowest BCUT2D eigenvalue weighted by molar-refractivity contribution is 0.391. The summed E-state index contributed by atoms with van der Waals surface area (Å²) in [5.41, 5.74) is 6.79. The fourth-order valence-corrected chi connectivity index (χ4v) is 2.60. The van der Waals surface area contributed by atoms with Gasteiger partial charge in [-0.1, -0.05) is 24.9 Å². The molecule has 0 saturated heterocycles. The van der Waals surface area contributed by atoms with Gasteiger partial charge in [-0.3, -0.25) is 0 Å². The molecule has 2 N–H and O–H groups in total. The third kappa shape index (κ3) is 4.29. The van der Waals surface area contributed by atoms with Gasteiger partial charge >= 0.3 is 0 Å². The van der Waals surface area contributed by atoms with Gasteiger partial charge in [0, 0.05) is 11.6 Å². The SMILES string of the molecule is CCCC(CCCN)c1cc(OC)c(Cl)cc1OC. The van der Waals surface area contributed by atoms with Crippen LogP contribution < -0.4 is 15.2 Å². The second-order valence-corrected chi connectivity index (χ2v) is 5.05. The van der Waals surface area contributed by atoms with Crippen molar-refractivity contribution in [2.24, 2.45) is 5.73 Å². The lowest BCUT2D eigenvalue weighted by Gasteiger charge is -2.20. The van der Waals surface area contributed by atoms with E-state index in [9.17, 15) is 0 Å². The van der Waals surface area contributed by atoms with E-state index in [0.29, 0.717) is 23.2 Å². The van der Waals surface area contributed by atoms with Crippen molar-refractivity contribution in [2.75, 3.05) is 20.8 Å². The Kier molecular flexibility index (Phi) is 7.03. The Hall–Kier alpha value is -0.930. The number of methoxy groups -OCH3 is 2. The molecule has 0 radical (unpaired) electrons. The maximum atomic E-state index is 6.14. The predicted molar refractivity (Wildman–Crippen MR) is 80.5 cm³/mol. The molecule has 3 nitrogen and oxygen atoms in total. The molecule has 0 aliphatic heterocycles. The molecule has 0 spiro atoms. The van der Waals surface area contributed by atoms with Crippen molar-refractivity contribution in [3.05, 3.63) is 22.7 Å². The van der Waals surface area contributed by atoms with Gasteiger partial charge in [-0.2, -0.15) is 0 Å². The summed E-state index contributed by atoms with van der Waals surface area (Å²) < 4.78 is 10.8. The van der Waals surface area contributed by atoms with Gasteiger partial charge in [0.15, 0.2) is 0 Å². The Morgan fingerprint density at radius 1 is 1.16 bits per heavy atom. The summed E-state index contributed by atoms with van der Waals surface area (Å²) in [6.45, 7) is 2.91. The van der Waals surface area contributed by atoms with Gasteiger partial charge in [0.1, 0.15) is 11.5 Å². The van der Waals surface area contributed by atoms with Crippen LogP contribution in [0.3, 0.4) is 0 Å². The highest BCUT2D eigenvalue weighted by molar-refractivity contribution is 6.32. The average Bonchev–Trinajstić information content (AvgIpc) is 2.43. The first-order valence-corrected chi connectivity index (χ1v) is 7.17. The van der Waals surface area contributed by atoms with Crippen molar-refractivity contribution in [3.8, 4) is 11.5 Å². The zero-order valence-electron chi connectivity index (χ0n) is 12.0. The van der Waals surface area contributed by atoms with Gasteiger partial charge in [0.25, 0.3) is 0 Å². The first-order chi connectivity index (χ1) is 9.17. The van der Waals surface area contributed by atoms with Gasteiger partial charge in [-0.15, -0.1) is 0 Å². The number of benzene rings is 1. The molecule has 0 heterocycles. The minimum atomic E-state index is 0.440. The van der Waals surface area contributed by atoms with Gasteiger partial charge in [0.2, 0.25) is 0 Å². The van der Waals surface area contributed by atoms with E-state index in [4.69, 9.17) is 26.8 Å². The van der Waals surface area contributed by atoms with Crippen molar-refractivity contribution >= 4 is 11.6 Å². The van der Waals surface area contributed by atoms with Gasteiger partial charge < -0.3 is 15.2 Å². The minimum absolute atomic E-state index is 0.440. The first-order valence-electron chi connectivity index (χ1n) is 6.79. The molecule has 0 fully saturated rings. The number of hydrogen-bond donors (Lipinski definition) is 1. The van der Waals surface area contributed by atoms with Crippen LogP contribution in [0.4, 0.5) is 0 Å². The molecule has 0 aliphatic rings. The normalized spacial score (nSPS) is 12.3. The number of nitrogens with two attached hydrogens (primary N) is 1. The number of rotatable bonds is 8. The zero-order chi connectivity index (χ0) is 14.3. The molecule has 0 aromatic heterocycles. The summed E-state index contributed by atoms with van der Waals surface area (Å²) in [5, 5.41) is 0.581. The number of halogens is 1. The van der Waals surface area contributed by atoms with Crippen LogP contribution in [-0.2, 0) is 0 Å². The topological polar surface area (TPSA) is 44.5 Å². The van der Waals surface area contributed by atoms with Crippen molar-refractivity contribution in [1.29, 1.82) is 0 Å². The van der Waals surface area contributed by atoms with Crippen molar-refractivity contribution < 1.29 is 9.47 Å². The molecule has 1 atom stereocenters. The molecule has 1 aromatic rings. The van der Waals surface area contributed by atoms with Crippen LogP contribution in [0.15, 0.2) is 12.1 Å². The van der Waals surface area contributed by atoms with E-state index in [0.717, 1.165) is 31.4 Å². The highest BCUT2D eigenvalue weighted by Crippen LogP contribution is 2.39. The second-order valence-electron chi connectivity index (χ2n) is 4.65. The van der Waals surface area contributed by atoms with Gasteiger partial charge in [-0.05, 0) is 37.8 Å². The number of hydrogen-bond acceptors (Lipinski definition) is 3. The van der Waals surface area contributed by atoms with E-state index in [1.165, 1.54) is 5.56 Å². The maximum absolute atomic E-state index is 6.14. The maximum Gasteiger partial charge on any atom is 0.138 e. The smallest absolute Gasteiger partial charge is 0.138 e. The highest BCUT2D eigenvalue weighted by Gasteiger charge is 2.18. The predicted octanol–water partition coefficient (Wildman–Crippen LogP) is 3.98. The summed E-state index contributed by atoms with van der Waals surface area (Å²) in [7, 11) is 3.31. The van der Waals surface area contributed by atoms with E-state index >= 15 is 0 Å². The number of ether oxygens (including phenoxy) is 2. The summed E-state index contributed by atoms with van der Waals surface area (Å²) in [6.07, 6.45) is 4.31. The monoisotopic (exact) mass is 285 g/mol. The standard InChI is InChI=1S/C15H24ClNO2/c1-4-6-11(7-5-8-17)12-9-15(19-3)13(16)10-14(12)18-2/h9-11H,4-8,17H2,1-3H3. The molecule has 19 heavy (non-hydrogen) atoms. The van der Waals surface area contributed by atoms with Crippen LogP contribution in [0.5, 0.6) is 11.5 Å². The zero-order valence-corrected chi connectivity index (χ0v) is 12.8.